The van der Waals surface area contributed by atoms with E-state index in [2.05, 4.69) is 15.1 Å². The molecule has 124 valence electrons. The third kappa shape index (κ3) is 2.99. The van der Waals surface area contributed by atoms with E-state index >= 15 is 0 Å². The molecule has 0 N–H and O–H groups in total. The highest BCUT2D eigenvalue weighted by Gasteiger charge is 2.27. The first-order valence-corrected chi connectivity index (χ1v) is 8.23. The standard InChI is InChI=1S/C16H16ClN5O2/c17-12-1-2-14-13(7-12)20-16(24-14)11-3-5-21(6-4-11)15(23)8-22-10-18-9-19-22/h1-2,7,9-11H,3-6,8H2. The second-order valence-electron chi connectivity index (χ2n) is 5.91. The largest absolute Gasteiger partial charge is 0.440 e. The Labute approximate surface area is 143 Å². The number of nitrogens with zero attached hydrogens (tertiary/aromatic N) is 5. The summed E-state index contributed by atoms with van der Waals surface area (Å²) >= 11 is 5.99. The van der Waals surface area contributed by atoms with Gasteiger partial charge >= 0.3 is 0 Å². The summed E-state index contributed by atoms with van der Waals surface area (Å²) in [5.41, 5.74) is 1.53. The summed E-state index contributed by atoms with van der Waals surface area (Å²) in [4.78, 5) is 22.5. The molecule has 3 heterocycles. The van der Waals surface area contributed by atoms with Gasteiger partial charge in [-0.25, -0.2) is 14.6 Å². The summed E-state index contributed by atoms with van der Waals surface area (Å²) in [7, 11) is 0. The minimum Gasteiger partial charge on any atom is -0.440 e. The van der Waals surface area contributed by atoms with Gasteiger partial charge in [-0.15, -0.1) is 0 Å². The number of hydrogen-bond acceptors (Lipinski definition) is 5. The van der Waals surface area contributed by atoms with E-state index in [0.717, 1.165) is 29.8 Å². The van der Waals surface area contributed by atoms with Crippen LogP contribution in [0, 0.1) is 0 Å². The van der Waals surface area contributed by atoms with Gasteiger partial charge in [-0.3, -0.25) is 4.79 Å². The van der Waals surface area contributed by atoms with Crippen molar-refractivity contribution in [1.82, 2.24) is 24.6 Å². The zero-order chi connectivity index (χ0) is 16.5. The van der Waals surface area contributed by atoms with E-state index in [1.165, 1.54) is 6.33 Å². The number of aromatic nitrogens is 4. The maximum Gasteiger partial charge on any atom is 0.244 e. The fraction of sp³-hybridized carbons (Fsp3) is 0.375. The molecular formula is C16H16ClN5O2. The third-order valence-electron chi connectivity index (χ3n) is 4.33. The van der Waals surface area contributed by atoms with Crippen molar-refractivity contribution in [3.8, 4) is 0 Å². The lowest BCUT2D eigenvalue weighted by Crippen LogP contribution is -2.39. The molecule has 0 radical (unpaired) electrons. The average molecular weight is 346 g/mol. The summed E-state index contributed by atoms with van der Waals surface area (Å²) in [6, 6.07) is 5.44. The van der Waals surface area contributed by atoms with Crippen molar-refractivity contribution >= 4 is 28.6 Å². The molecule has 1 saturated heterocycles. The summed E-state index contributed by atoms with van der Waals surface area (Å²) in [6.45, 7) is 1.61. The van der Waals surface area contributed by atoms with Gasteiger partial charge in [0, 0.05) is 24.0 Å². The Kier molecular flexibility index (Phi) is 3.93. The molecule has 7 nitrogen and oxygen atoms in total. The molecule has 2 aromatic heterocycles. The number of amides is 1. The molecule has 0 aliphatic carbocycles. The van der Waals surface area contributed by atoms with Crippen molar-refractivity contribution < 1.29 is 9.21 Å². The van der Waals surface area contributed by atoms with Crippen LogP contribution in [0.4, 0.5) is 0 Å². The number of likely N-dealkylation sites (tertiary alicyclic amines) is 1. The molecule has 3 aromatic rings. The zero-order valence-electron chi connectivity index (χ0n) is 12.9. The number of carbonyl (C=O) groups is 1. The van der Waals surface area contributed by atoms with E-state index in [1.54, 1.807) is 23.1 Å². The molecule has 1 amide bonds. The van der Waals surface area contributed by atoms with Crippen LogP contribution in [-0.2, 0) is 11.3 Å². The highest BCUT2D eigenvalue weighted by atomic mass is 35.5. The lowest BCUT2D eigenvalue weighted by molar-refractivity contribution is -0.133. The fourth-order valence-corrected chi connectivity index (χ4v) is 3.19. The first-order chi connectivity index (χ1) is 11.7. The van der Waals surface area contributed by atoms with Gasteiger partial charge in [0.15, 0.2) is 11.5 Å². The van der Waals surface area contributed by atoms with Crippen molar-refractivity contribution in [3.05, 3.63) is 41.8 Å². The van der Waals surface area contributed by atoms with Gasteiger partial charge in [0.2, 0.25) is 5.91 Å². The second kappa shape index (κ2) is 6.24. The van der Waals surface area contributed by atoms with Crippen LogP contribution in [0.5, 0.6) is 0 Å². The number of piperidine rings is 1. The minimum absolute atomic E-state index is 0.0586. The van der Waals surface area contributed by atoms with E-state index in [-0.39, 0.29) is 18.4 Å². The SMILES string of the molecule is O=C(Cn1cncn1)N1CCC(c2nc3cc(Cl)ccc3o2)CC1. The Morgan fingerprint density at radius 2 is 2.17 bits per heavy atom. The number of halogens is 1. The Bertz CT molecular complexity index is 853. The normalized spacial score (nSPS) is 16.0. The van der Waals surface area contributed by atoms with E-state index in [0.29, 0.717) is 18.1 Å². The van der Waals surface area contributed by atoms with E-state index < -0.39 is 0 Å². The molecule has 1 aliphatic heterocycles. The van der Waals surface area contributed by atoms with Crippen LogP contribution in [0.2, 0.25) is 5.02 Å². The number of oxazole rings is 1. The number of carbonyl (C=O) groups excluding carboxylic acids is 1. The highest BCUT2D eigenvalue weighted by molar-refractivity contribution is 6.31. The van der Waals surface area contributed by atoms with E-state index in [1.807, 2.05) is 11.0 Å². The van der Waals surface area contributed by atoms with Crippen molar-refractivity contribution in [2.45, 2.75) is 25.3 Å². The molecular weight excluding hydrogens is 330 g/mol. The lowest BCUT2D eigenvalue weighted by atomic mass is 9.97. The van der Waals surface area contributed by atoms with Crippen molar-refractivity contribution in [1.29, 1.82) is 0 Å². The van der Waals surface area contributed by atoms with E-state index in [9.17, 15) is 4.79 Å². The van der Waals surface area contributed by atoms with Gasteiger partial charge in [0.1, 0.15) is 24.7 Å². The van der Waals surface area contributed by atoms with Gasteiger partial charge in [0.25, 0.3) is 0 Å². The van der Waals surface area contributed by atoms with Crippen LogP contribution in [0.3, 0.4) is 0 Å². The Morgan fingerprint density at radius 1 is 1.33 bits per heavy atom. The molecule has 0 unspecified atom stereocenters. The average Bonchev–Trinajstić information content (AvgIpc) is 3.24. The van der Waals surface area contributed by atoms with Gasteiger partial charge in [-0.05, 0) is 31.0 Å². The predicted molar refractivity (Wildman–Crippen MR) is 87.6 cm³/mol. The van der Waals surface area contributed by atoms with Crippen LogP contribution >= 0.6 is 11.6 Å². The second-order valence-corrected chi connectivity index (χ2v) is 6.35. The van der Waals surface area contributed by atoms with Crippen molar-refractivity contribution in [2.75, 3.05) is 13.1 Å². The molecule has 1 fully saturated rings. The molecule has 1 aliphatic rings. The molecule has 24 heavy (non-hydrogen) atoms. The maximum atomic E-state index is 12.3. The molecule has 4 rings (SSSR count). The van der Waals surface area contributed by atoms with Gasteiger partial charge < -0.3 is 9.32 Å². The first-order valence-electron chi connectivity index (χ1n) is 7.85. The lowest BCUT2D eigenvalue weighted by Gasteiger charge is -2.30. The maximum absolute atomic E-state index is 12.3. The van der Waals surface area contributed by atoms with Gasteiger partial charge in [-0.1, -0.05) is 11.6 Å². The summed E-state index contributed by atoms with van der Waals surface area (Å²) in [6.07, 6.45) is 4.65. The predicted octanol–water partition coefficient (Wildman–Crippen LogP) is 2.48. The molecule has 1 aromatic carbocycles. The number of rotatable bonds is 3. The third-order valence-corrected chi connectivity index (χ3v) is 4.56. The van der Waals surface area contributed by atoms with E-state index in [4.69, 9.17) is 16.0 Å². The topological polar surface area (TPSA) is 77.1 Å². The first kappa shape index (κ1) is 15.1. The zero-order valence-corrected chi connectivity index (χ0v) is 13.7. The van der Waals surface area contributed by atoms with Crippen LogP contribution in [0.25, 0.3) is 11.1 Å². The molecule has 0 spiro atoms. The van der Waals surface area contributed by atoms with Crippen LogP contribution < -0.4 is 0 Å². The van der Waals surface area contributed by atoms with Crippen LogP contribution in [0.1, 0.15) is 24.7 Å². The smallest absolute Gasteiger partial charge is 0.244 e. The van der Waals surface area contributed by atoms with Gasteiger partial charge in [0.05, 0.1) is 0 Å². The highest BCUT2D eigenvalue weighted by Crippen LogP contribution is 2.30. The summed E-state index contributed by atoms with van der Waals surface area (Å²) in [5.74, 6) is 1.02. The fourth-order valence-electron chi connectivity index (χ4n) is 3.02. The minimum atomic E-state index is 0.0586. The molecule has 0 bridgehead atoms. The molecule has 0 saturated carbocycles. The summed E-state index contributed by atoms with van der Waals surface area (Å²) < 4.78 is 7.39. The van der Waals surface area contributed by atoms with Crippen molar-refractivity contribution in [3.63, 3.8) is 0 Å². The molecule has 8 heteroatoms. The quantitative estimate of drug-likeness (QED) is 0.728. The Morgan fingerprint density at radius 3 is 2.92 bits per heavy atom. The monoisotopic (exact) mass is 345 g/mol. The summed E-state index contributed by atoms with van der Waals surface area (Å²) in [5, 5.41) is 4.62. The number of hydrogen-bond donors (Lipinski definition) is 0. The molecule has 0 atom stereocenters. The number of fused-ring (bicyclic) bond motifs is 1. The van der Waals surface area contributed by atoms with Crippen LogP contribution in [0.15, 0.2) is 35.3 Å². The Balaban J connectivity index is 1.40. The van der Waals surface area contributed by atoms with Crippen molar-refractivity contribution in [2.24, 2.45) is 0 Å². The van der Waals surface area contributed by atoms with Gasteiger partial charge in [-0.2, -0.15) is 5.10 Å². The Hall–Kier alpha value is -2.41. The van der Waals surface area contributed by atoms with Crippen LogP contribution in [-0.4, -0.2) is 43.6 Å². The number of benzene rings is 1.